The molecule has 0 radical (unpaired) electrons. The molecule has 2 N–H and O–H groups in total. The van der Waals surface area contributed by atoms with E-state index < -0.39 is 14.8 Å². The van der Waals surface area contributed by atoms with Crippen molar-refractivity contribution in [2.75, 3.05) is 5.32 Å². The van der Waals surface area contributed by atoms with Gasteiger partial charge in [-0.3, -0.25) is 4.79 Å². The molecule has 3 aliphatic rings. The normalized spacial score (nSPS) is 27.0. The molecule has 0 unspecified atom stereocenters. The average molecular weight is 421 g/mol. The minimum atomic E-state index is -3.39. The number of amides is 1. The van der Waals surface area contributed by atoms with Crippen molar-refractivity contribution in [1.29, 1.82) is 0 Å². The lowest BCUT2D eigenvalue weighted by atomic mass is 9.57. The second-order valence-electron chi connectivity index (χ2n) is 10.0. The van der Waals surface area contributed by atoms with E-state index in [2.05, 4.69) is 29.1 Å². The van der Waals surface area contributed by atoms with E-state index in [0.29, 0.717) is 0 Å². The zero-order chi connectivity index (χ0) is 21.3. The molecule has 162 valence electrons. The van der Waals surface area contributed by atoms with E-state index in [1.807, 2.05) is 12.1 Å². The molecule has 0 spiro atoms. The van der Waals surface area contributed by atoms with Crippen molar-refractivity contribution in [3.63, 3.8) is 0 Å². The van der Waals surface area contributed by atoms with Gasteiger partial charge >= 0.3 is 0 Å². The highest BCUT2D eigenvalue weighted by Crippen LogP contribution is 2.53. The lowest BCUT2D eigenvalue weighted by Crippen LogP contribution is -2.60. The Morgan fingerprint density at radius 1 is 1.00 bits per heavy atom. The summed E-state index contributed by atoms with van der Waals surface area (Å²) < 4.78 is 27.5. The summed E-state index contributed by atoms with van der Waals surface area (Å²) in [7, 11) is -3.39. The maximum Gasteiger partial charge on any atom is 0.230 e. The van der Waals surface area contributed by atoms with E-state index in [1.165, 1.54) is 18.4 Å². The summed E-state index contributed by atoms with van der Waals surface area (Å²) in [6, 6.07) is 8.17. The number of aryl methyl sites for hydroxylation is 1. The van der Waals surface area contributed by atoms with Gasteiger partial charge in [-0.15, -0.1) is 0 Å². The molecule has 0 aromatic heterocycles. The van der Waals surface area contributed by atoms with Crippen LogP contribution in [-0.2, 0) is 21.2 Å². The van der Waals surface area contributed by atoms with Crippen molar-refractivity contribution in [1.82, 2.24) is 4.72 Å². The van der Waals surface area contributed by atoms with Gasteiger partial charge in [-0.25, -0.2) is 13.1 Å². The number of nitrogens with one attached hydrogen (secondary N) is 2. The molecular formula is C23H36N2O3S. The molecule has 4 rings (SSSR count). The minimum absolute atomic E-state index is 0.0887. The molecule has 6 heteroatoms. The zero-order valence-corrected chi connectivity index (χ0v) is 19.1. The summed E-state index contributed by atoms with van der Waals surface area (Å²) in [6.45, 7) is 7.36. The first-order chi connectivity index (χ1) is 13.5. The third-order valence-electron chi connectivity index (χ3n) is 6.92. The van der Waals surface area contributed by atoms with Crippen LogP contribution in [0.15, 0.2) is 24.3 Å². The first-order valence-electron chi connectivity index (χ1n) is 10.9. The number of benzene rings is 1. The van der Waals surface area contributed by atoms with Crippen LogP contribution < -0.4 is 10.0 Å². The number of fused-ring (bicyclic) bond motifs is 3. The van der Waals surface area contributed by atoms with Crippen LogP contribution in [0.2, 0.25) is 0 Å². The van der Waals surface area contributed by atoms with E-state index >= 15 is 0 Å². The van der Waals surface area contributed by atoms with E-state index in [1.54, 1.807) is 20.8 Å². The smallest absolute Gasteiger partial charge is 0.230 e. The highest BCUT2D eigenvalue weighted by atomic mass is 32.2. The molecule has 29 heavy (non-hydrogen) atoms. The predicted octanol–water partition coefficient (Wildman–Crippen LogP) is 4.78. The molecule has 0 atom stereocenters. The van der Waals surface area contributed by atoms with Crippen LogP contribution in [0.3, 0.4) is 0 Å². The van der Waals surface area contributed by atoms with Gasteiger partial charge in [-0.2, -0.15) is 0 Å². The number of hydrogen-bond donors (Lipinski definition) is 2. The fourth-order valence-electron chi connectivity index (χ4n) is 4.52. The minimum Gasteiger partial charge on any atom is -0.326 e. The Hall–Kier alpha value is -1.40. The van der Waals surface area contributed by atoms with Crippen molar-refractivity contribution in [2.24, 2.45) is 5.41 Å². The fourth-order valence-corrected chi connectivity index (χ4v) is 5.70. The van der Waals surface area contributed by atoms with Crippen molar-refractivity contribution in [3.8, 4) is 0 Å². The van der Waals surface area contributed by atoms with E-state index in [-0.39, 0.29) is 16.9 Å². The first kappa shape index (κ1) is 22.3. The summed E-state index contributed by atoms with van der Waals surface area (Å²) in [4.78, 5) is 13.1. The Balaban J connectivity index is 1.62. The van der Waals surface area contributed by atoms with Gasteiger partial charge in [0.1, 0.15) is 0 Å². The Morgan fingerprint density at radius 3 is 2.03 bits per heavy atom. The topological polar surface area (TPSA) is 75.3 Å². The van der Waals surface area contributed by atoms with Crippen LogP contribution in [0.25, 0.3) is 0 Å². The standard InChI is InChI=1S/C23H36N2O3S/c1-5-6-7-18-8-10-19(11-9-18)24-20(26)22-12-15-23(16-13-22,17-14-22)25-29(27,28)21(2,3)4/h8-11,25H,5-7,12-17H2,1-4H3,(H,24,26). The highest BCUT2D eigenvalue weighted by Gasteiger charge is 2.54. The Labute approximate surface area is 176 Å². The van der Waals surface area contributed by atoms with Crippen LogP contribution in [0.1, 0.15) is 84.6 Å². The van der Waals surface area contributed by atoms with Gasteiger partial charge in [0, 0.05) is 16.6 Å². The Morgan fingerprint density at radius 2 is 1.55 bits per heavy atom. The molecule has 0 heterocycles. The van der Waals surface area contributed by atoms with Crippen LogP contribution in [0, 0.1) is 5.41 Å². The molecule has 2 bridgehead atoms. The maximum absolute atomic E-state index is 13.1. The van der Waals surface area contributed by atoms with E-state index in [0.717, 1.165) is 50.6 Å². The number of carbonyl (C=O) groups excluding carboxylic acids is 1. The van der Waals surface area contributed by atoms with Crippen LogP contribution in [0.4, 0.5) is 5.69 Å². The number of carbonyl (C=O) groups is 1. The summed E-state index contributed by atoms with van der Waals surface area (Å²) >= 11 is 0. The number of sulfonamides is 1. The quantitative estimate of drug-likeness (QED) is 0.667. The lowest BCUT2D eigenvalue weighted by Gasteiger charge is -2.52. The summed E-state index contributed by atoms with van der Waals surface area (Å²) in [5, 5.41) is 3.12. The second-order valence-corrected chi connectivity index (χ2v) is 12.5. The van der Waals surface area contributed by atoms with Crippen LogP contribution in [-0.4, -0.2) is 24.6 Å². The van der Waals surface area contributed by atoms with E-state index in [4.69, 9.17) is 0 Å². The SMILES string of the molecule is CCCCc1ccc(NC(=O)C23CCC(NS(=O)(=O)C(C)(C)C)(CC2)CC3)cc1. The highest BCUT2D eigenvalue weighted by molar-refractivity contribution is 7.90. The summed E-state index contributed by atoms with van der Waals surface area (Å²) in [6.07, 6.45) is 7.81. The number of unbranched alkanes of at least 4 members (excludes halogenated alkanes) is 1. The van der Waals surface area contributed by atoms with Crippen molar-refractivity contribution >= 4 is 21.6 Å². The molecule has 3 aliphatic carbocycles. The maximum atomic E-state index is 13.1. The molecule has 0 saturated heterocycles. The third-order valence-corrected chi connectivity index (χ3v) is 9.23. The molecule has 3 saturated carbocycles. The third kappa shape index (κ3) is 4.69. The van der Waals surface area contributed by atoms with Crippen LogP contribution >= 0.6 is 0 Å². The van der Waals surface area contributed by atoms with Gasteiger partial charge in [0.15, 0.2) is 0 Å². The average Bonchev–Trinajstić information content (AvgIpc) is 2.67. The van der Waals surface area contributed by atoms with Gasteiger partial charge in [-0.05, 0) is 89.8 Å². The monoisotopic (exact) mass is 420 g/mol. The Kier molecular flexibility index (Phi) is 6.17. The largest absolute Gasteiger partial charge is 0.326 e. The molecule has 0 aliphatic heterocycles. The number of rotatable bonds is 7. The summed E-state index contributed by atoms with van der Waals surface area (Å²) in [5.41, 5.74) is 1.40. The van der Waals surface area contributed by atoms with Crippen molar-refractivity contribution < 1.29 is 13.2 Å². The first-order valence-corrected chi connectivity index (χ1v) is 12.4. The van der Waals surface area contributed by atoms with E-state index in [9.17, 15) is 13.2 Å². The predicted molar refractivity (Wildman–Crippen MR) is 118 cm³/mol. The van der Waals surface area contributed by atoms with Crippen molar-refractivity contribution in [2.45, 2.75) is 95.8 Å². The zero-order valence-electron chi connectivity index (χ0n) is 18.3. The van der Waals surface area contributed by atoms with Gasteiger partial charge in [0.05, 0.1) is 4.75 Å². The molecule has 1 aromatic rings. The molecular weight excluding hydrogens is 384 g/mol. The van der Waals surface area contributed by atoms with Crippen LogP contribution in [0.5, 0.6) is 0 Å². The number of hydrogen-bond acceptors (Lipinski definition) is 3. The van der Waals surface area contributed by atoms with Gasteiger partial charge < -0.3 is 5.32 Å². The van der Waals surface area contributed by atoms with Gasteiger partial charge in [0.25, 0.3) is 0 Å². The lowest BCUT2D eigenvalue weighted by molar-refractivity contribution is -0.132. The molecule has 5 nitrogen and oxygen atoms in total. The van der Waals surface area contributed by atoms with Crippen molar-refractivity contribution in [3.05, 3.63) is 29.8 Å². The number of anilines is 1. The summed E-state index contributed by atoms with van der Waals surface area (Å²) in [5.74, 6) is 0.0887. The van der Waals surface area contributed by atoms with Gasteiger partial charge in [-0.1, -0.05) is 25.5 Å². The molecule has 1 amide bonds. The molecule has 3 fully saturated rings. The molecule has 1 aromatic carbocycles. The Bertz CT molecular complexity index is 813. The second kappa shape index (κ2) is 8.03. The fraction of sp³-hybridized carbons (Fsp3) is 0.696. The van der Waals surface area contributed by atoms with Gasteiger partial charge in [0.2, 0.25) is 15.9 Å².